The molecule has 6 heteroatoms. The quantitative estimate of drug-likeness (QED) is 0.232. The van der Waals surface area contributed by atoms with Gasteiger partial charge in [0, 0.05) is 17.8 Å². The number of aliphatic imine (C=N–C) groups is 1. The molecule has 4 N–H and O–H groups in total. The molecule has 5 nitrogen and oxygen atoms in total. The third-order valence-corrected chi connectivity index (χ3v) is 2.28. The fraction of sp³-hybridized carbons (Fsp3) is 0.200. The number of benzene rings is 1. The van der Waals surface area contributed by atoms with Crippen molar-refractivity contribution in [3.8, 4) is 12.3 Å². The summed E-state index contributed by atoms with van der Waals surface area (Å²) < 4.78 is 0. The molecule has 0 aliphatic rings. The van der Waals surface area contributed by atoms with E-state index in [1.54, 1.807) is 24.3 Å². The van der Waals surface area contributed by atoms with Gasteiger partial charge in [0.05, 0.1) is 0 Å². The first kappa shape index (κ1) is 19.0. The number of carbonyl (C=O) groups excluding carboxylic acids is 1. The molecule has 1 aromatic carbocycles. The van der Waals surface area contributed by atoms with Gasteiger partial charge >= 0.3 is 0 Å². The number of terminal acetylenes is 1. The molecule has 0 atom stereocenters. The average molecular weight is 398 g/mol. The van der Waals surface area contributed by atoms with Crippen molar-refractivity contribution in [3.63, 3.8) is 0 Å². The fourth-order valence-electron chi connectivity index (χ4n) is 1.34. The normalized spacial score (nSPS) is 10.0. The lowest BCUT2D eigenvalue weighted by atomic mass is 10.2. The van der Waals surface area contributed by atoms with E-state index in [-0.39, 0.29) is 42.4 Å². The molecule has 0 heterocycles. The van der Waals surface area contributed by atoms with Crippen LogP contribution >= 0.6 is 24.0 Å². The summed E-state index contributed by atoms with van der Waals surface area (Å²) in [4.78, 5) is 15.6. The third kappa shape index (κ3) is 7.99. The second-order valence-electron chi connectivity index (χ2n) is 4.29. The molecule has 0 aliphatic carbocycles. The highest BCUT2D eigenvalue weighted by molar-refractivity contribution is 14.0. The van der Waals surface area contributed by atoms with E-state index in [1.807, 2.05) is 6.92 Å². The van der Waals surface area contributed by atoms with Crippen LogP contribution in [0.1, 0.15) is 12.5 Å². The van der Waals surface area contributed by atoms with E-state index in [0.717, 1.165) is 5.57 Å². The number of hydrogen-bond donors (Lipinski definition) is 3. The Labute approximate surface area is 142 Å². The van der Waals surface area contributed by atoms with Crippen LogP contribution in [-0.2, 0) is 4.79 Å². The van der Waals surface area contributed by atoms with Gasteiger partial charge in [-0.05, 0) is 25.1 Å². The average Bonchev–Trinajstić information content (AvgIpc) is 2.43. The summed E-state index contributed by atoms with van der Waals surface area (Å²) in [5.74, 6) is 2.45. The van der Waals surface area contributed by atoms with Gasteiger partial charge in [-0.15, -0.1) is 30.4 Å². The molecule has 0 fully saturated rings. The van der Waals surface area contributed by atoms with Crippen molar-refractivity contribution < 1.29 is 4.79 Å². The van der Waals surface area contributed by atoms with E-state index >= 15 is 0 Å². The monoisotopic (exact) mass is 398 g/mol. The summed E-state index contributed by atoms with van der Waals surface area (Å²) >= 11 is 0. The summed E-state index contributed by atoms with van der Waals surface area (Å²) in [6.45, 7) is 6.06. The molecule has 0 bridgehead atoms. The Morgan fingerprint density at radius 2 is 2.24 bits per heavy atom. The van der Waals surface area contributed by atoms with Crippen LogP contribution in [0, 0.1) is 12.3 Å². The molecular formula is C15H19IN4O. The predicted octanol–water partition coefficient (Wildman–Crippen LogP) is 1.70. The number of amides is 1. The number of hydrogen-bond acceptors (Lipinski definition) is 2. The highest BCUT2D eigenvalue weighted by Crippen LogP contribution is 2.09. The highest BCUT2D eigenvalue weighted by atomic mass is 127. The number of rotatable bonds is 5. The van der Waals surface area contributed by atoms with Gasteiger partial charge in [-0.2, -0.15) is 0 Å². The highest BCUT2D eigenvalue weighted by Gasteiger charge is 2.02. The molecule has 0 saturated carbocycles. The fourth-order valence-corrected chi connectivity index (χ4v) is 1.34. The van der Waals surface area contributed by atoms with Crippen molar-refractivity contribution in [1.82, 2.24) is 5.32 Å². The lowest BCUT2D eigenvalue weighted by molar-refractivity contribution is -0.114. The van der Waals surface area contributed by atoms with Crippen molar-refractivity contribution in [3.05, 3.63) is 42.0 Å². The molecule has 0 radical (unpaired) electrons. The second kappa shape index (κ2) is 9.83. The van der Waals surface area contributed by atoms with Gasteiger partial charge in [-0.3, -0.25) is 4.79 Å². The van der Waals surface area contributed by atoms with Crippen LogP contribution in [0.15, 0.2) is 41.4 Å². The number of anilines is 1. The van der Waals surface area contributed by atoms with Crippen LogP contribution in [0.5, 0.6) is 0 Å². The van der Waals surface area contributed by atoms with Crippen molar-refractivity contribution in [2.24, 2.45) is 10.7 Å². The number of halogens is 1. The zero-order valence-corrected chi connectivity index (χ0v) is 14.2. The molecule has 112 valence electrons. The van der Waals surface area contributed by atoms with Crippen molar-refractivity contribution in [1.29, 1.82) is 0 Å². The number of carbonyl (C=O) groups is 1. The first-order valence-electron chi connectivity index (χ1n) is 6.06. The Balaban J connectivity index is 0.00000400. The summed E-state index contributed by atoms with van der Waals surface area (Å²) in [6, 6.07) is 7.03. The van der Waals surface area contributed by atoms with Crippen LogP contribution < -0.4 is 16.4 Å². The standard InChI is InChI=1S/C15H18N4O.HI/c1-4-12-6-5-7-13(8-12)19-14(20)10-18-15(16)17-9-11(2)3;/h1,5-8H,2,9-10H2,3H3,(H,19,20)(H3,16,17,18);1H. The van der Waals surface area contributed by atoms with Crippen molar-refractivity contribution in [2.75, 3.05) is 18.4 Å². The second-order valence-corrected chi connectivity index (χ2v) is 4.29. The minimum atomic E-state index is -0.265. The van der Waals surface area contributed by atoms with E-state index in [9.17, 15) is 4.79 Å². The molecule has 0 unspecified atom stereocenters. The summed E-state index contributed by atoms with van der Waals surface area (Å²) in [5, 5.41) is 5.54. The third-order valence-electron chi connectivity index (χ3n) is 2.28. The van der Waals surface area contributed by atoms with Gasteiger partial charge in [0.2, 0.25) is 5.91 Å². The number of nitrogens with two attached hydrogens (primary N) is 1. The van der Waals surface area contributed by atoms with Crippen LogP contribution in [-0.4, -0.2) is 25.0 Å². The summed E-state index contributed by atoms with van der Waals surface area (Å²) in [6.07, 6.45) is 5.29. The van der Waals surface area contributed by atoms with E-state index in [2.05, 4.69) is 28.1 Å². The Hall–Kier alpha value is -2.01. The summed E-state index contributed by atoms with van der Waals surface area (Å²) in [5.41, 5.74) is 7.87. The molecular weight excluding hydrogens is 379 g/mol. The molecule has 0 aliphatic heterocycles. The molecule has 0 saturated heterocycles. The van der Waals surface area contributed by atoms with E-state index in [4.69, 9.17) is 12.2 Å². The van der Waals surface area contributed by atoms with Crippen LogP contribution in [0.25, 0.3) is 0 Å². The van der Waals surface area contributed by atoms with Crippen LogP contribution in [0.4, 0.5) is 5.69 Å². The van der Waals surface area contributed by atoms with Crippen LogP contribution in [0.2, 0.25) is 0 Å². The topological polar surface area (TPSA) is 79.5 Å². The van der Waals surface area contributed by atoms with Gasteiger partial charge in [0.25, 0.3) is 0 Å². The molecule has 1 rings (SSSR count). The molecule has 0 spiro atoms. The van der Waals surface area contributed by atoms with Gasteiger partial charge in [-0.25, -0.2) is 4.99 Å². The van der Waals surface area contributed by atoms with Gasteiger partial charge < -0.3 is 16.4 Å². The number of nitrogens with zero attached hydrogens (tertiary/aromatic N) is 1. The van der Waals surface area contributed by atoms with E-state index in [1.165, 1.54) is 0 Å². The Morgan fingerprint density at radius 1 is 1.52 bits per heavy atom. The van der Waals surface area contributed by atoms with Gasteiger partial charge in [0.15, 0.2) is 5.96 Å². The Morgan fingerprint density at radius 3 is 2.86 bits per heavy atom. The lowest BCUT2D eigenvalue weighted by Crippen LogP contribution is -2.33. The van der Waals surface area contributed by atoms with Crippen LogP contribution in [0.3, 0.4) is 0 Å². The van der Waals surface area contributed by atoms with Gasteiger partial charge in [-0.1, -0.05) is 24.1 Å². The summed E-state index contributed by atoms with van der Waals surface area (Å²) in [7, 11) is 0. The first-order chi connectivity index (χ1) is 9.51. The predicted molar refractivity (Wildman–Crippen MR) is 97.7 cm³/mol. The van der Waals surface area contributed by atoms with Gasteiger partial charge in [0.1, 0.15) is 6.54 Å². The zero-order valence-electron chi connectivity index (χ0n) is 11.8. The number of nitrogens with one attached hydrogen (secondary N) is 2. The largest absolute Gasteiger partial charge is 0.370 e. The van der Waals surface area contributed by atoms with E-state index < -0.39 is 0 Å². The Bertz CT molecular complexity index is 575. The lowest BCUT2D eigenvalue weighted by Gasteiger charge is -2.06. The Kier molecular flexibility index (Phi) is 8.88. The maximum Gasteiger partial charge on any atom is 0.246 e. The minimum absolute atomic E-state index is 0. The minimum Gasteiger partial charge on any atom is -0.370 e. The molecule has 1 amide bonds. The van der Waals surface area contributed by atoms with Crippen molar-refractivity contribution >= 4 is 41.5 Å². The maximum atomic E-state index is 11.7. The first-order valence-corrected chi connectivity index (χ1v) is 6.06. The molecule has 1 aromatic rings. The SMILES string of the molecule is C#Cc1cccc(NC(=O)CN=C(N)NCC(=C)C)c1.I. The maximum absolute atomic E-state index is 11.7. The number of guanidine groups is 1. The molecule has 21 heavy (non-hydrogen) atoms. The smallest absolute Gasteiger partial charge is 0.246 e. The molecule has 0 aromatic heterocycles. The van der Waals surface area contributed by atoms with Crippen molar-refractivity contribution in [2.45, 2.75) is 6.92 Å². The zero-order chi connectivity index (χ0) is 15.0. The van der Waals surface area contributed by atoms with E-state index in [0.29, 0.717) is 17.8 Å².